The number of Topliss-reactive ketones (excluding diaryl/α,β-unsaturated/α-hetero) is 3. The van der Waals surface area contributed by atoms with Crippen molar-refractivity contribution in [3.63, 3.8) is 0 Å². The molecule has 15 atom stereocenters. The summed E-state index contributed by atoms with van der Waals surface area (Å²) in [6, 6.07) is -2.86. The van der Waals surface area contributed by atoms with Gasteiger partial charge < -0.3 is 109 Å². The number of aliphatic carboxylic acids is 4. The van der Waals surface area contributed by atoms with Gasteiger partial charge in [-0.1, -0.05) is 0 Å². The standard InChI is InChI=1S/C51H70N10O27S/c52-51-60-43-38(48(84)61-51)55-22(14-54-43)13-53-21-3-1-19(2-4-21)44(80)56-26(49(85)86)6-5-23(65)9-24(39(76)41(78)34(70)16-63)46(82)58-27(11-36(72)73)30(66)7-20(8-32(68)33(69)15-62)45(81)57-28(12-37(74)75)31(67)10-25(40(77)42(79)35(71)17-64)47(83)59-29(18-89)50(87)88/h1-4,14,20,24-29,32-35,39-42,53,62-64,68-71,76-79,89H,5-13,15-18H2,(H,56,80)(H,57,81)(H,58,82)(H,59,83)(H,72,73)(H,74,75)(H,85,86)(H,87,88)(H3,52,54,60,61,84)/t20?,24?,25?,26-,27-,28-,29+,32-,33+,34+,35+,39?,40?,41+,42+/m0/s1. The first-order chi connectivity index (χ1) is 41.8. The van der Waals surface area contributed by atoms with Gasteiger partial charge in [-0.05, 0) is 37.1 Å². The number of H-pyrrole nitrogens is 1. The summed E-state index contributed by atoms with van der Waals surface area (Å²) in [4.78, 5) is 171. The Kier molecular flexibility index (Phi) is 30.0. The normalized spacial score (nSPS) is 16.5. The van der Waals surface area contributed by atoms with E-state index >= 15 is 0 Å². The number of benzene rings is 1. The molecule has 37 nitrogen and oxygen atoms in total. The molecule has 5 unspecified atom stereocenters. The number of carboxylic acids is 4. The van der Waals surface area contributed by atoms with E-state index in [1.165, 1.54) is 30.5 Å². The first kappa shape index (κ1) is 75.0. The third-order valence-electron chi connectivity index (χ3n) is 13.6. The fourth-order valence-corrected chi connectivity index (χ4v) is 8.74. The fraction of sp³-hybridized carbons (Fsp3) is 0.549. The minimum absolute atomic E-state index is 0.00486. The smallest absolute Gasteiger partial charge is 0.327 e. The van der Waals surface area contributed by atoms with Gasteiger partial charge in [0.1, 0.15) is 48.4 Å². The number of aromatic nitrogens is 4. The summed E-state index contributed by atoms with van der Waals surface area (Å²) in [6.07, 6.45) is -26.7. The van der Waals surface area contributed by atoms with Crippen LogP contribution in [0, 0.1) is 17.8 Å². The molecule has 0 saturated heterocycles. The molecule has 492 valence electrons. The van der Waals surface area contributed by atoms with Gasteiger partial charge in [0.05, 0.1) is 93.3 Å². The number of carbonyl (C=O) groups is 11. The summed E-state index contributed by atoms with van der Waals surface area (Å²) >= 11 is 3.78. The summed E-state index contributed by atoms with van der Waals surface area (Å²) in [7, 11) is 0. The molecule has 1 aromatic carbocycles. The number of hydrogen-bond donors (Lipinski definition) is 23. The molecule has 23 N–H and O–H groups in total. The number of nitrogens with one attached hydrogen (secondary N) is 6. The monoisotopic (exact) mass is 1290 g/mol. The molecule has 3 rings (SSSR count). The van der Waals surface area contributed by atoms with Crippen LogP contribution in [-0.2, 0) is 54.5 Å². The van der Waals surface area contributed by atoms with Crippen LogP contribution in [0.5, 0.6) is 0 Å². The van der Waals surface area contributed by atoms with Crippen molar-refractivity contribution in [3.8, 4) is 0 Å². The molecule has 0 bridgehead atoms. The number of rotatable bonds is 41. The van der Waals surface area contributed by atoms with E-state index in [1.54, 1.807) is 0 Å². The highest BCUT2D eigenvalue weighted by Crippen LogP contribution is 2.24. The average molecular weight is 1290 g/mol. The summed E-state index contributed by atoms with van der Waals surface area (Å²) in [5.41, 5.74) is 5.47. The molecule has 2 aromatic heterocycles. The summed E-state index contributed by atoms with van der Waals surface area (Å²) < 4.78 is 0. The quantitative estimate of drug-likeness (QED) is 0.0235. The number of thiol groups is 1. The van der Waals surface area contributed by atoms with Crippen molar-refractivity contribution in [2.45, 2.75) is 131 Å². The predicted octanol–water partition coefficient (Wildman–Crippen LogP) is -8.73. The molecule has 0 fully saturated rings. The van der Waals surface area contributed by atoms with Crippen molar-refractivity contribution in [1.29, 1.82) is 0 Å². The molecule has 0 spiro atoms. The Morgan fingerprint density at radius 3 is 1.56 bits per heavy atom. The van der Waals surface area contributed by atoms with Gasteiger partial charge in [0.15, 0.2) is 22.7 Å². The molecule has 2 heterocycles. The van der Waals surface area contributed by atoms with E-state index < -0.39 is 238 Å². The summed E-state index contributed by atoms with van der Waals surface area (Å²) in [5, 5.41) is 162. The van der Waals surface area contributed by atoms with Crippen LogP contribution in [0.4, 0.5) is 11.6 Å². The second-order valence-electron chi connectivity index (χ2n) is 20.2. The van der Waals surface area contributed by atoms with Crippen molar-refractivity contribution in [3.05, 3.63) is 52.1 Å². The van der Waals surface area contributed by atoms with Gasteiger partial charge in [-0.25, -0.2) is 19.6 Å². The highest BCUT2D eigenvalue weighted by Gasteiger charge is 2.43. The zero-order chi connectivity index (χ0) is 67.1. The summed E-state index contributed by atoms with van der Waals surface area (Å²) in [6.45, 7) is -3.67. The SMILES string of the molecule is Nc1nc2ncc(CNc3ccc(C(=O)N[C@@H](CCC(=O)CC(C(=O)N[C@@H](CC(=O)O)C(=O)CC(C[C@H](O)[C@H](O)CO)C(=O)N[C@@H](CC(=O)O)C(=O)CC(C(=O)N[C@H](CS)C(=O)O)C(O)[C@H](O)[C@H](O)CO)C(O)[C@H](O)[C@H](O)CO)C(=O)O)cc3)nc2c(=O)[nH]1. The molecule has 0 aliphatic rings. The highest BCUT2D eigenvalue weighted by atomic mass is 32.1. The molecule has 0 aliphatic heterocycles. The molecular weight excluding hydrogens is 1220 g/mol. The number of aliphatic hydroxyl groups excluding tert-OH is 11. The Morgan fingerprint density at radius 1 is 0.573 bits per heavy atom. The molecule has 3 aromatic rings. The lowest BCUT2D eigenvalue weighted by atomic mass is 9.86. The van der Waals surface area contributed by atoms with Gasteiger partial charge in [-0.3, -0.25) is 52.9 Å². The molecule has 0 radical (unpaired) electrons. The van der Waals surface area contributed by atoms with Gasteiger partial charge in [-0.15, -0.1) is 0 Å². The number of fused-ring (bicyclic) bond motifs is 1. The number of nitrogens with zero attached hydrogens (tertiary/aromatic N) is 3. The Balaban J connectivity index is 1.88. The number of carbonyl (C=O) groups excluding carboxylic acids is 7. The van der Waals surface area contributed by atoms with Gasteiger partial charge in [0.25, 0.3) is 11.5 Å². The van der Waals surface area contributed by atoms with E-state index in [0.717, 1.165) is 0 Å². The molecular formula is C51H70N10O27S. The van der Waals surface area contributed by atoms with Crippen molar-refractivity contribution in [2.24, 2.45) is 17.8 Å². The summed E-state index contributed by atoms with van der Waals surface area (Å²) in [5.74, 6) is -24.4. The van der Waals surface area contributed by atoms with Crippen LogP contribution in [0.15, 0.2) is 35.3 Å². The second kappa shape index (κ2) is 35.6. The topological polar surface area (TPSA) is 649 Å². The largest absolute Gasteiger partial charge is 0.481 e. The first-order valence-electron chi connectivity index (χ1n) is 26.7. The van der Waals surface area contributed by atoms with Crippen molar-refractivity contribution >= 4 is 100 Å². The van der Waals surface area contributed by atoms with E-state index in [2.05, 4.69) is 43.2 Å². The van der Waals surface area contributed by atoms with E-state index in [-0.39, 0.29) is 29.2 Å². The maximum atomic E-state index is 14.1. The lowest BCUT2D eigenvalue weighted by molar-refractivity contribution is -0.148. The Morgan fingerprint density at radius 2 is 1.07 bits per heavy atom. The third kappa shape index (κ3) is 23.0. The first-order valence-corrected chi connectivity index (χ1v) is 27.3. The maximum Gasteiger partial charge on any atom is 0.327 e. The number of aromatic amines is 1. The maximum absolute atomic E-state index is 14.1. The van der Waals surface area contributed by atoms with Crippen LogP contribution in [0.2, 0.25) is 0 Å². The van der Waals surface area contributed by atoms with Crippen molar-refractivity contribution in [2.75, 3.05) is 36.6 Å². The van der Waals surface area contributed by atoms with Crippen LogP contribution in [0.1, 0.15) is 67.4 Å². The number of nitrogens with two attached hydrogens (primary N) is 1. The van der Waals surface area contributed by atoms with E-state index in [1.807, 2.05) is 16.0 Å². The minimum atomic E-state index is -2.56. The number of amides is 4. The highest BCUT2D eigenvalue weighted by molar-refractivity contribution is 7.80. The number of nitrogen functional groups attached to an aromatic ring is 1. The van der Waals surface area contributed by atoms with E-state index in [0.29, 0.717) is 11.4 Å². The molecule has 89 heavy (non-hydrogen) atoms. The van der Waals surface area contributed by atoms with Gasteiger partial charge >= 0.3 is 23.9 Å². The number of aliphatic hydroxyl groups is 11. The predicted molar refractivity (Wildman–Crippen MR) is 299 cm³/mol. The number of carboxylic acid groups (broad SMARTS) is 4. The van der Waals surface area contributed by atoms with Crippen LogP contribution >= 0.6 is 12.6 Å². The van der Waals surface area contributed by atoms with Crippen LogP contribution < -0.4 is 37.9 Å². The van der Waals surface area contributed by atoms with Gasteiger partial charge in [0, 0.05) is 48.6 Å². The molecule has 0 aliphatic carbocycles. The van der Waals surface area contributed by atoms with Gasteiger partial charge in [0.2, 0.25) is 23.7 Å². The lowest BCUT2D eigenvalue weighted by Crippen LogP contribution is -2.54. The molecule has 4 amide bonds. The molecule has 0 saturated carbocycles. The average Bonchev–Trinajstić information content (AvgIpc) is 2.47. The zero-order valence-electron chi connectivity index (χ0n) is 46.7. The second-order valence-corrected chi connectivity index (χ2v) is 20.6. The Labute approximate surface area is 506 Å². The fourth-order valence-electron chi connectivity index (χ4n) is 8.49. The van der Waals surface area contributed by atoms with E-state index in [4.69, 9.17) is 5.73 Å². The van der Waals surface area contributed by atoms with E-state index in [9.17, 15) is 134 Å². The number of anilines is 2. The minimum Gasteiger partial charge on any atom is -0.481 e. The van der Waals surface area contributed by atoms with Crippen molar-refractivity contribution < 1.29 is 129 Å². The Bertz CT molecular complexity index is 3050. The van der Waals surface area contributed by atoms with Crippen molar-refractivity contribution in [1.82, 2.24) is 41.2 Å². The van der Waals surface area contributed by atoms with Crippen LogP contribution in [0.3, 0.4) is 0 Å². The Hall–Kier alpha value is -8.28. The number of ketones is 3. The van der Waals surface area contributed by atoms with Crippen LogP contribution in [0.25, 0.3) is 11.2 Å². The van der Waals surface area contributed by atoms with Gasteiger partial charge in [-0.2, -0.15) is 17.6 Å². The molecule has 38 heteroatoms. The third-order valence-corrected chi connectivity index (χ3v) is 14.0. The lowest BCUT2D eigenvalue weighted by Gasteiger charge is -2.30. The van der Waals surface area contributed by atoms with Crippen LogP contribution in [-0.4, -0.2) is 260 Å². The zero-order valence-corrected chi connectivity index (χ0v) is 47.6. The number of hydrogen-bond acceptors (Lipinski definition) is 29.